The first kappa shape index (κ1) is 14.3. The van der Waals surface area contributed by atoms with Gasteiger partial charge < -0.3 is 20.5 Å². The molecule has 1 amide bonds. The molecule has 5 heteroatoms. The van der Waals surface area contributed by atoms with Crippen molar-refractivity contribution in [2.24, 2.45) is 5.73 Å². The summed E-state index contributed by atoms with van der Waals surface area (Å²) in [6.07, 6.45) is 1.74. The van der Waals surface area contributed by atoms with Crippen LogP contribution < -0.4 is 5.73 Å². The van der Waals surface area contributed by atoms with Gasteiger partial charge in [-0.15, -0.1) is 0 Å². The number of rotatable bonds is 2. The summed E-state index contributed by atoms with van der Waals surface area (Å²) in [5.74, 6) is 0. The van der Waals surface area contributed by atoms with Crippen molar-refractivity contribution in [3.63, 3.8) is 0 Å². The fraction of sp³-hybridized carbons (Fsp3) is 0.917. The maximum absolute atomic E-state index is 12.0. The third-order valence-corrected chi connectivity index (χ3v) is 2.86. The quantitative estimate of drug-likeness (QED) is 0.762. The van der Waals surface area contributed by atoms with Crippen molar-refractivity contribution in [3.8, 4) is 0 Å². The van der Waals surface area contributed by atoms with E-state index in [1.54, 1.807) is 4.90 Å². The van der Waals surface area contributed by atoms with E-state index in [4.69, 9.17) is 10.5 Å². The summed E-state index contributed by atoms with van der Waals surface area (Å²) < 4.78 is 5.34. The molecule has 2 atom stereocenters. The van der Waals surface area contributed by atoms with Gasteiger partial charge in [-0.1, -0.05) is 0 Å². The molecule has 0 radical (unpaired) electrons. The smallest absolute Gasteiger partial charge is 0.410 e. The monoisotopic (exact) mass is 244 g/mol. The lowest BCUT2D eigenvalue weighted by molar-refractivity contribution is -0.0143. The summed E-state index contributed by atoms with van der Waals surface area (Å²) in [6, 6.07) is -0.205. The Kier molecular flexibility index (Phi) is 4.77. The Labute approximate surface area is 103 Å². The van der Waals surface area contributed by atoms with Crippen LogP contribution in [-0.4, -0.2) is 46.9 Å². The molecule has 0 aromatic rings. The van der Waals surface area contributed by atoms with Crippen LogP contribution in [-0.2, 0) is 4.74 Å². The standard InChI is InChI=1S/C12H24N2O3/c1-12(2,3)17-11(16)14-7-5-4-6-9(14)10(15)8-13/h9-10,15H,4-8,13H2,1-3H3/t9?,10-/m0/s1. The number of aliphatic hydroxyl groups excluding tert-OH is 1. The second-order valence-corrected chi connectivity index (χ2v) is 5.54. The first-order valence-corrected chi connectivity index (χ1v) is 6.23. The molecule has 1 aliphatic heterocycles. The van der Waals surface area contributed by atoms with Crippen LogP contribution in [0.1, 0.15) is 40.0 Å². The summed E-state index contributed by atoms with van der Waals surface area (Å²) in [4.78, 5) is 13.6. The van der Waals surface area contributed by atoms with Crippen LogP contribution in [0.25, 0.3) is 0 Å². The molecule has 1 fully saturated rings. The van der Waals surface area contributed by atoms with Crippen molar-refractivity contribution >= 4 is 6.09 Å². The fourth-order valence-corrected chi connectivity index (χ4v) is 2.06. The van der Waals surface area contributed by atoms with E-state index in [1.807, 2.05) is 20.8 Å². The van der Waals surface area contributed by atoms with E-state index in [2.05, 4.69) is 0 Å². The van der Waals surface area contributed by atoms with Gasteiger partial charge in [0.2, 0.25) is 0 Å². The molecule has 0 aromatic heterocycles. The maximum atomic E-state index is 12.0. The van der Waals surface area contributed by atoms with Crippen molar-refractivity contribution in [1.29, 1.82) is 0 Å². The zero-order valence-electron chi connectivity index (χ0n) is 11.0. The molecule has 0 saturated carbocycles. The van der Waals surface area contributed by atoms with Crippen molar-refractivity contribution in [3.05, 3.63) is 0 Å². The van der Waals surface area contributed by atoms with Crippen LogP contribution in [0.4, 0.5) is 4.79 Å². The minimum atomic E-state index is -0.664. The molecule has 5 nitrogen and oxygen atoms in total. The van der Waals surface area contributed by atoms with E-state index in [-0.39, 0.29) is 18.7 Å². The fourth-order valence-electron chi connectivity index (χ4n) is 2.06. The minimum absolute atomic E-state index is 0.171. The summed E-state index contributed by atoms with van der Waals surface area (Å²) in [5, 5.41) is 9.83. The molecule has 0 aromatic carbocycles. The third-order valence-electron chi connectivity index (χ3n) is 2.86. The first-order valence-electron chi connectivity index (χ1n) is 6.23. The highest BCUT2D eigenvalue weighted by molar-refractivity contribution is 5.68. The van der Waals surface area contributed by atoms with E-state index in [0.717, 1.165) is 19.3 Å². The zero-order valence-corrected chi connectivity index (χ0v) is 11.0. The Balaban J connectivity index is 2.67. The number of nitrogens with zero attached hydrogens (tertiary/aromatic N) is 1. The number of hydrogen-bond acceptors (Lipinski definition) is 4. The van der Waals surface area contributed by atoms with Gasteiger partial charge in [0, 0.05) is 13.1 Å². The van der Waals surface area contributed by atoms with Crippen molar-refractivity contribution in [1.82, 2.24) is 4.90 Å². The Morgan fingerprint density at radius 2 is 2.18 bits per heavy atom. The number of carbonyl (C=O) groups is 1. The van der Waals surface area contributed by atoms with Crippen molar-refractivity contribution in [2.45, 2.75) is 57.8 Å². The second kappa shape index (κ2) is 5.69. The highest BCUT2D eigenvalue weighted by Crippen LogP contribution is 2.22. The molecular formula is C12H24N2O3. The van der Waals surface area contributed by atoms with Crippen molar-refractivity contribution in [2.75, 3.05) is 13.1 Å². The lowest BCUT2D eigenvalue weighted by Gasteiger charge is -2.38. The lowest BCUT2D eigenvalue weighted by Crippen LogP contribution is -2.53. The normalized spacial score (nSPS) is 23.4. The SMILES string of the molecule is CC(C)(C)OC(=O)N1CCCCC1[C@@H](O)CN. The van der Waals surface area contributed by atoms with Crippen LogP contribution in [0.3, 0.4) is 0 Å². The maximum Gasteiger partial charge on any atom is 0.410 e. The van der Waals surface area contributed by atoms with E-state index in [9.17, 15) is 9.90 Å². The number of aliphatic hydroxyl groups is 1. The topological polar surface area (TPSA) is 75.8 Å². The molecule has 0 aliphatic carbocycles. The van der Waals surface area contributed by atoms with Crippen LogP contribution in [0.5, 0.6) is 0 Å². The Morgan fingerprint density at radius 3 is 2.71 bits per heavy atom. The molecular weight excluding hydrogens is 220 g/mol. The average molecular weight is 244 g/mol. The zero-order chi connectivity index (χ0) is 13.1. The average Bonchev–Trinajstić information content (AvgIpc) is 2.25. The molecule has 100 valence electrons. The van der Waals surface area contributed by atoms with Crippen LogP contribution in [0.15, 0.2) is 0 Å². The molecule has 3 N–H and O–H groups in total. The molecule has 1 rings (SSSR count). The molecule has 1 aliphatic rings. The number of amides is 1. The Hall–Kier alpha value is -0.810. The van der Waals surface area contributed by atoms with Gasteiger partial charge in [-0.2, -0.15) is 0 Å². The number of likely N-dealkylation sites (tertiary alicyclic amines) is 1. The Morgan fingerprint density at radius 1 is 1.53 bits per heavy atom. The number of hydrogen-bond donors (Lipinski definition) is 2. The summed E-state index contributed by atoms with van der Waals surface area (Å²) >= 11 is 0. The van der Waals surface area contributed by atoms with E-state index in [0.29, 0.717) is 6.54 Å². The van der Waals surface area contributed by atoms with E-state index < -0.39 is 11.7 Å². The molecule has 0 spiro atoms. The van der Waals surface area contributed by atoms with Gasteiger partial charge in [0.1, 0.15) is 5.60 Å². The van der Waals surface area contributed by atoms with Gasteiger partial charge >= 0.3 is 6.09 Å². The predicted octanol–water partition coefficient (Wildman–Crippen LogP) is 1.10. The van der Waals surface area contributed by atoms with Crippen LogP contribution >= 0.6 is 0 Å². The second-order valence-electron chi connectivity index (χ2n) is 5.54. The highest BCUT2D eigenvalue weighted by atomic mass is 16.6. The van der Waals surface area contributed by atoms with Crippen molar-refractivity contribution < 1.29 is 14.6 Å². The minimum Gasteiger partial charge on any atom is -0.444 e. The number of nitrogens with two attached hydrogens (primary N) is 1. The largest absolute Gasteiger partial charge is 0.444 e. The van der Waals surface area contributed by atoms with Gasteiger partial charge in [-0.05, 0) is 40.0 Å². The summed E-state index contributed by atoms with van der Waals surface area (Å²) in [6.45, 7) is 6.32. The van der Waals surface area contributed by atoms with Crippen LogP contribution in [0, 0.1) is 0 Å². The first-order chi connectivity index (χ1) is 7.85. The van der Waals surface area contributed by atoms with Gasteiger partial charge in [-0.25, -0.2) is 4.79 Å². The number of carbonyl (C=O) groups excluding carboxylic acids is 1. The van der Waals surface area contributed by atoms with Gasteiger partial charge in [-0.3, -0.25) is 0 Å². The molecule has 17 heavy (non-hydrogen) atoms. The summed E-state index contributed by atoms with van der Waals surface area (Å²) in [7, 11) is 0. The molecule has 1 saturated heterocycles. The molecule has 1 unspecified atom stereocenters. The molecule has 1 heterocycles. The van der Waals surface area contributed by atoms with Gasteiger partial charge in [0.05, 0.1) is 12.1 Å². The highest BCUT2D eigenvalue weighted by Gasteiger charge is 2.33. The van der Waals surface area contributed by atoms with Crippen LogP contribution in [0.2, 0.25) is 0 Å². The number of ether oxygens (including phenoxy) is 1. The summed E-state index contributed by atoms with van der Waals surface area (Å²) in [5.41, 5.74) is 4.96. The Bertz CT molecular complexity index is 263. The van der Waals surface area contributed by atoms with Gasteiger partial charge in [0.15, 0.2) is 0 Å². The molecule has 0 bridgehead atoms. The predicted molar refractivity (Wildman–Crippen MR) is 65.6 cm³/mol. The third kappa shape index (κ3) is 4.16. The van der Waals surface area contributed by atoms with E-state index in [1.165, 1.54) is 0 Å². The lowest BCUT2D eigenvalue weighted by atomic mass is 9.98. The number of piperidine rings is 1. The van der Waals surface area contributed by atoms with E-state index >= 15 is 0 Å². The van der Waals surface area contributed by atoms with Gasteiger partial charge in [0.25, 0.3) is 0 Å².